The zero-order chi connectivity index (χ0) is 17.3. The number of hydrogen-bond acceptors (Lipinski definition) is 2. The van der Waals surface area contributed by atoms with Gasteiger partial charge in [-0.25, -0.2) is 0 Å². The molecule has 0 N–H and O–H groups in total. The van der Waals surface area contributed by atoms with E-state index in [9.17, 15) is 0 Å². The van der Waals surface area contributed by atoms with Gasteiger partial charge in [0.2, 0.25) is 0 Å². The Morgan fingerprint density at radius 1 is 1.12 bits per heavy atom. The molecule has 0 aromatic heterocycles. The summed E-state index contributed by atoms with van der Waals surface area (Å²) in [6.45, 7) is 0. The van der Waals surface area contributed by atoms with Crippen LogP contribution in [0.1, 0.15) is 21.5 Å². The third kappa shape index (κ3) is 3.60. The van der Waals surface area contributed by atoms with Crippen LogP contribution < -0.4 is 0 Å². The molecule has 24 heavy (non-hydrogen) atoms. The van der Waals surface area contributed by atoms with E-state index in [1.54, 1.807) is 11.1 Å². The first-order chi connectivity index (χ1) is 11.4. The van der Waals surface area contributed by atoms with Crippen molar-refractivity contribution in [1.29, 1.82) is 0 Å². The molecule has 127 valence electrons. The third-order valence-corrected chi connectivity index (χ3v) is 61.1. The summed E-state index contributed by atoms with van der Waals surface area (Å²) in [5.41, 5.74) is 4.77. The summed E-state index contributed by atoms with van der Waals surface area (Å²) in [7, 11) is 9.37. The van der Waals surface area contributed by atoms with E-state index in [0.29, 0.717) is 0 Å². The van der Waals surface area contributed by atoms with E-state index in [1.807, 2.05) is 0 Å². The number of rotatable bonds is 6. The van der Waals surface area contributed by atoms with Crippen molar-refractivity contribution in [2.75, 3.05) is 28.2 Å². The Morgan fingerprint density at radius 3 is 2.46 bits per heavy atom. The van der Waals surface area contributed by atoms with Gasteiger partial charge in [-0.1, -0.05) is 0 Å². The van der Waals surface area contributed by atoms with Crippen molar-refractivity contribution >= 4 is 19.9 Å². The molecular formula is C20H29N2SnZr. The van der Waals surface area contributed by atoms with Crippen molar-refractivity contribution in [2.45, 2.75) is 19.7 Å². The normalized spacial score (nSPS) is 21.3. The second-order valence-electron chi connectivity index (χ2n) is 7.63. The Hall–Kier alpha value is 0.0418. The standard InChI is InChI=1S/C9H7.C6H7.2C2H6N.CH3.Sn.Zr/c1-2-5-9-7-3-6-8(9)4-1;1-6-4-2-3-5-6;2*1-3-2;;;/h1-7H;2-4H,1,5H2;2*1-2H3;1H3;;/q;;2*-1;;;+2. The van der Waals surface area contributed by atoms with Gasteiger partial charge in [0.1, 0.15) is 0 Å². The van der Waals surface area contributed by atoms with Crippen LogP contribution in [0, 0.1) is 0 Å². The van der Waals surface area contributed by atoms with Crippen LogP contribution in [0.25, 0.3) is 6.08 Å². The summed E-state index contributed by atoms with van der Waals surface area (Å²) < 4.78 is 7.47. The molecule has 0 amide bonds. The van der Waals surface area contributed by atoms with E-state index in [2.05, 4.69) is 93.5 Å². The fraction of sp³-hybridized carbons (Fsp3) is 0.400. The van der Waals surface area contributed by atoms with Crippen LogP contribution in [0.4, 0.5) is 0 Å². The van der Waals surface area contributed by atoms with Crippen LogP contribution in [0.5, 0.6) is 0 Å². The van der Waals surface area contributed by atoms with Gasteiger partial charge in [0.05, 0.1) is 0 Å². The SMILES string of the molecule is C[N](C)[Zr]([N](C)C)[Sn]([CH3])([CH2]C1=CC=CC1)[CH]1C=Cc2ccccc21. The van der Waals surface area contributed by atoms with Gasteiger partial charge in [0, 0.05) is 0 Å². The molecule has 0 spiro atoms. The second-order valence-corrected chi connectivity index (χ2v) is 50.9. The second kappa shape index (κ2) is 7.74. The Morgan fingerprint density at radius 2 is 1.83 bits per heavy atom. The first-order valence-electron chi connectivity index (χ1n) is 8.77. The van der Waals surface area contributed by atoms with E-state index in [-0.39, 0.29) is 0 Å². The van der Waals surface area contributed by atoms with Crippen LogP contribution in [0.2, 0.25) is 9.38 Å². The third-order valence-electron chi connectivity index (χ3n) is 5.29. The summed E-state index contributed by atoms with van der Waals surface area (Å²) in [5.74, 6) is 0. The van der Waals surface area contributed by atoms with E-state index in [4.69, 9.17) is 0 Å². The number of nitrogens with zero attached hydrogens (tertiary/aromatic N) is 2. The maximum absolute atomic E-state index is 2.76. The first-order valence-corrected chi connectivity index (χ1v) is 27.2. The van der Waals surface area contributed by atoms with Crippen molar-refractivity contribution in [1.82, 2.24) is 5.69 Å². The zero-order valence-electron chi connectivity index (χ0n) is 15.6. The van der Waals surface area contributed by atoms with Crippen LogP contribution >= 0.6 is 0 Å². The van der Waals surface area contributed by atoms with Gasteiger partial charge in [-0.05, 0) is 0 Å². The molecule has 2 aliphatic carbocycles. The van der Waals surface area contributed by atoms with Crippen molar-refractivity contribution in [2.24, 2.45) is 0 Å². The van der Waals surface area contributed by atoms with Crippen LogP contribution in [-0.4, -0.2) is 47.7 Å². The van der Waals surface area contributed by atoms with E-state index < -0.39 is 32.0 Å². The quantitative estimate of drug-likeness (QED) is 0.528. The predicted molar refractivity (Wildman–Crippen MR) is 104 cm³/mol. The molecule has 2 atom stereocenters. The van der Waals surface area contributed by atoms with Gasteiger partial charge >= 0.3 is 157 Å². The van der Waals surface area contributed by atoms with Crippen molar-refractivity contribution in [3.8, 4) is 0 Å². The molecule has 0 aliphatic heterocycles. The molecule has 0 saturated carbocycles. The van der Waals surface area contributed by atoms with Crippen molar-refractivity contribution in [3.05, 3.63) is 65.3 Å². The Bertz CT molecular complexity index is 685. The minimum absolute atomic E-state index is 0.733. The molecule has 0 radical (unpaired) electrons. The maximum atomic E-state index is 2.76. The summed E-state index contributed by atoms with van der Waals surface area (Å²) >= 11 is -4.30. The number of hydrogen-bond donors (Lipinski definition) is 0. The van der Waals surface area contributed by atoms with E-state index in [0.717, 1.165) is 3.93 Å². The summed E-state index contributed by atoms with van der Waals surface area (Å²) in [4.78, 5) is 2.76. The van der Waals surface area contributed by atoms with E-state index in [1.165, 1.54) is 16.4 Å². The monoisotopic (exact) mass is 507 g/mol. The molecule has 2 aliphatic rings. The fourth-order valence-electron chi connectivity index (χ4n) is 4.65. The molecule has 0 saturated heterocycles. The van der Waals surface area contributed by atoms with Crippen molar-refractivity contribution < 1.29 is 18.2 Å². The molecule has 2 unspecified atom stereocenters. The van der Waals surface area contributed by atoms with Gasteiger partial charge < -0.3 is 0 Å². The Kier molecular flexibility index (Phi) is 6.07. The van der Waals surface area contributed by atoms with Crippen LogP contribution in [0.3, 0.4) is 0 Å². The number of fused-ring (bicyclic) bond motifs is 1. The zero-order valence-corrected chi connectivity index (χ0v) is 20.9. The van der Waals surface area contributed by atoms with Gasteiger partial charge in [-0.2, -0.15) is 0 Å². The van der Waals surface area contributed by atoms with Gasteiger partial charge in [-0.15, -0.1) is 0 Å². The molecular weight excluding hydrogens is 478 g/mol. The summed E-state index contributed by atoms with van der Waals surface area (Å²) in [6, 6.07) is 9.10. The van der Waals surface area contributed by atoms with Gasteiger partial charge in [0.25, 0.3) is 0 Å². The average Bonchev–Trinajstić information content (AvgIpc) is 3.15. The molecule has 0 heterocycles. The molecule has 0 bridgehead atoms. The molecule has 2 nitrogen and oxygen atoms in total. The molecule has 0 fully saturated rings. The topological polar surface area (TPSA) is 6.48 Å². The average molecular weight is 507 g/mol. The number of benzene rings is 1. The van der Waals surface area contributed by atoms with E-state index >= 15 is 0 Å². The molecule has 1 aromatic rings. The predicted octanol–water partition coefficient (Wildman–Crippen LogP) is 4.37. The van der Waals surface area contributed by atoms with Crippen LogP contribution in [-0.2, 0) is 18.2 Å². The Balaban J connectivity index is 2.03. The van der Waals surface area contributed by atoms with Crippen LogP contribution in [0.15, 0.2) is 54.1 Å². The number of allylic oxidation sites excluding steroid dienone is 5. The first kappa shape index (κ1) is 18.8. The molecule has 1 aromatic carbocycles. The van der Waals surface area contributed by atoms with Crippen molar-refractivity contribution in [3.63, 3.8) is 0 Å². The molecule has 4 heteroatoms. The Labute approximate surface area is 155 Å². The fourth-order valence-corrected chi connectivity index (χ4v) is 70.7. The summed E-state index contributed by atoms with van der Waals surface area (Å²) in [6.07, 6.45) is 13.1. The minimum atomic E-state index is -2.48. The summed E-state index contributed by atoms with van der Waals surface area (Å²) in [5, 5.41) is 0. The van der Waals surface area contributed by atoms with Gasteiger partial charge in [0.15, 0.2) is 0 Å². The molecule has 3 rings (SSSR count). The van der Waals surface area contributed by atoms with Gasteiger partial charge in [-0.3, -0.25) is 0 Å².